The van der Waals surface area contributed by atoms with Gasteiger partial charge in [-0.3, -0.25) is 4.79 Å². The molecule has 0 aliphatic carbocycles. The van der Waals surface area contributed by atoms with Crippen molar-refractivity contribution in [1.82, 2.24) is 4.57 Å². The SMILES string of the molecule is COCCCOC(=O)Cc1cc(OC)ccc1OCc1cc(-c2cccc(CN)c2)c2ccn(C(C)C)c2c1. The first-order valence-corrected chi connectivity index (χ1v) is 13.3. The first-order valence-electron chi connectivity index (χ1n) is 13.3. The summed E-state index contributed by atoms with van der Waals surface area (Å²) in [6, 6.07) is 20.7. The fourth-order valence-corrected chi connectivity index (χ4v) is 4.68. The third-order valence-electron chi connectivity index (χ3n) is 6.68. The Bertz CT molecular complexity index is 1410. The average Bonchev–Trinajstić information content (AvgIpc) is 3.38. The topological polar surface area (TPSA) is 84.9 Å². The summed E-state index contributed by atoms with van der Waals surface area (Å²) in [5.74, 6) is 0.959. The van der Waals surface area contributed by atoms with Gasteiger partial charge in [0.15, 0.2) is 0 Å². The maximum absolute atomic E-state index is 12.5. The van der Waals surface area contributed by atoms with Crippen LogP contribution in [0.1, 0.15) is 43.0 Å². The molecule has 1 aromatic heterocycles. The molecule has 39 heavy (non-hydrogen) atoms. The van der Waals surface area contributed by atoms with Gasteiger partial charge >= 0.3 is 5.97 Å². The standard InChI is InChI=1S/C32H38N2O5/c1-22(2)34-12-11-28-29(25-8-5-7-23(15-25)20-33)16-24(17-30(28)34)21-39-31-10-9-27(37-4)18-26(31)19-32(35)38-14-6-13-36-3/h5,7-12,15-18,22H,6,13-14,19-21,33H2,1-4H3. The number of nitrogens with zero attached hydrogens (tertiary/aromatic N) is 1. The van der Waals surface area contributed by atoms with E-state index in [4.69, 9.17) is 24.7 Å². The minimum atomic E-state index is -0.317. The van der Waals surface area contributed by atoms with Crippen molar-refractivity contribution in [1.29, 1.82) is 0 Å². The lowest BCUT2D eigenvalue weighted by Gasteiger charge is -2.16. The molecule has 4 aromatic rings. The Morgan fingerprint density at radius 2 is 1.82 bits per heavy atom. The number of hydrogen-bond donors (Lipinski definition) is 1. The van der Waals surface area contributed by atoms with Crippen LogP contribution < -0.4 is 15.2 Å². The summed E-state index contributed by atoms with van der Waals surface area (Å²) < 4.78 is 24.4. The zero-order chi connectivity index (χ0) is 27.8. The monoisotopic (exact) mass is 530 g/mol. The number of rotatable bonds is 13. The second-order valence-corrected chi connectivity index (χ2v) is 9.80. The van der Waals surface area contributed by atoms with Crippen LogP contribution in [0.5, 0.6) is 11.5 Å². The third-order valence-corrected chi connectivity index (χ3v) is 6.68. The highest BCUT2D eigenvalue weighted by Crippen LogP contribution is 2.34. The molecule has 206 valence electrons. The van der Waals surface area contributed by atoms with Crippen molar-refractivity contribution in [3.05, 3.63) is 83.6 Å². The van der Waals surface area contributed by atoms with Crippen LogP contribution in [0.25, 0.3) is 22.0 Å². The normalized spacial score (nSPS) is 11.2. The van der Waals surface area contributed by atoms with Crippen LogP contribution in [-0.4, -0.2) is 38.0 Å². The van der Waals surface area contributed by atoms with E-state index in [-0.39, 0.29) is 12.4 Å². The first kappa shape index (κ1) is 28.2. The Balaban J connectivity index is 1.63. The molecule has 0 unspecified atom stereocenters. The van der Waals surface area contributed by atoms with Gasteiger partial charge in [-0.1, -0.05) is 18.2 Å². The summed E-state index contributed by atoms with van der Waals surface area (Å²) in [5, 5.41) is 1.18. The molecule has 0 saturated carbocycles. The number of carbonyl (C=O) groups is 1. The van der Waals surface area contributed by atoms with Crippen LogP contribution in [0.3, 0.4) is 0 Å². The van der Waals surface area contributed by atoms with Gasteiger partial charge in [-0.2, -0.15) is 0 Å². The van der Waals surface area contributed by atoms with Crippen LogP contribution >= 0.6 is 0 Å². The number of benzene rings is 3. The summed E-state index contributed by atoms with van der Waals surface area (Å²) >= 11 is 0. The molecule has 0 bridgehead atoms. The van der Waals surface area contributed by atoms with Gasteiger partial charge in [0, 0.05) is 55.4 Å². The molecular weight excluding hydrogens is 492 g/mol. The molecule has 7 nitrogen and oxygen atoms in total. The fraction of sp³-hybridized carbons (Fsp3) is 0.344. The predicted molar refractivity (Wildman–Crippen MR) is 154 cm³/mol. The Morgan fingerprint density at radius 1 is 0.974 bits per heavy atom. The van der Waals surface area contributed by atoms with E-state index in [2.05, 4.69) is 54.9 Å². The minimum absolute atomic E-state index is 0.0892. The van der Waals surface area contributed by atoms with Crippen molar-refractivity contribution >= 4 is 16.9 Å². The summed E-state index contributed by atoms with van der Waals surface area (Å²) in [4.78, 5) is 12.5. The third kappa shape index (κ3) is 6.99. The fourth-order valence-electron chi connectivity index (χ4n) is 4.68. The van der Waals surface area contributed by atoms with Crippen molar-refractivity contribution in [2.45, 2.75) is 45.9 Å². The molecule has 4 rings (SSSR count). The number of nitrogens with two attached hydrogens (primary N) is 1. The number of hydrogen-bond acceptors (Lipinski definition) is 6. The van der Waals surface area contributed by atoms with Gasteiger partial charge in [-0.25, -0.2) is 0 Å². The minimum Gasteiger partial charge on any atom is -0.497 e. The lowest BCUT2D eigenvalue weighted by atomic mass is 9.97. The summed E-state index contributed by atoms with van der Waals surface area (Å²) in [5.41, 5.74) is 12.2. The van der Waals surface area contributed by atoms with Gasteiger partial charge in [0.25, 0.3) is 0 Å². The van der Waals surface area contributed by atoms with Crippen molar-refractivity contribution in [3.63, 3.8) is 0 Å². The van der Waals surface area contributed by atoms with E-state index in [0.717, 1.165) is 27.8 Å². The molecule has 0 spiro atoms. The largest absolute Gasteiger partial charge is 0.497 e. The molecule has 3 aromatic carbocycles. The van der Waals surface area contributed by atoms with Gasteiger partial charge in [0.2, 0.25) is 0 Å². The number of fused-ring (bicyclic) bond motifs is 1. The lowest BCUT2D eigenvalue weighted by molar-refractivity contribution is -0.143. The molecule has 0 aliphatic rings. The highest BCUT2D eigenvalue weighted by Gasteiger charge is 2.15. The summed E-state index contributed by atoms with van der Waals surface area (Å²) in [6.07, 6.45) is 2.88. The maximum atomic E-state index is 12.5. The number of aromatic nitrogens is 1. The van der Waals surface area contributed by atoms with Crippen LogP contribution in [0, 0.1) is 0 Å². The Hall–Kier alpha value is -3.81. The van der Waals surface area contributed by atoms with E-state index in [1.54, 1.807) is 14.2 Å². The highest BCUT2D eigenvalue weighted by molar-refractivity contribution is 5.96. The molecule has 0 radical (unpaired) electrons. The van der Waals surface area contributed by atoms with Crippen LogP contribution in [0.4, 0.5) is 0 Å². The molecule has 0 saturated heterocycles. The second-order valence-electron chi connectivity index (χ2n) is 9.80. The van der Waals surface area contributed by atoms with Gasteiger partial charge in [0.05, 0.1) is 20.1 Å². The quantitative estimate of drug-likeness (QED) is 0.167. The van der Waals surface area contributed by atoms with Crippen LogP contribution in [0.15, 0.2) is 66.9 Å². The van der Waals surface area contributed by atoms with E-state index in [9.17, 15) is 4.79 Å². The Kier molecular flexibility index (Phi) is 9.63. The smallest absolute Gasteiger partial charge is 0.310 e. The van der Waals surface area contributed by atoms with Gasteiger partial charge in [0.1, 0.15) is 18.1 Å². The molecule has 0 amide bonds. The molecule has 0 atom stereocenters. The number of methoxy groups -OCH3 is 2. The van der Waals surface area contributed by atoms with E-state index in [1.807, 2.05) is 30.3 Å². The summed E-state index contributed by atoms with van der Waals surface area (Å²) in [6.45, 7) is 6.04. The average molecular weight is 531 g/mol. The van der Waals surface area contributed by atoms with Gasteiger partial charge in [-0.05, 0) is 78.6 Å². The van der Waals surface area contributed by atoms with Crippen LogP contribution in [-0.2, 0) is 33.8 Å². The van der Waals surface area contributed by atoms with E-state index < -0.39 is 0 Å². The second kappa shape index (κ2) is 13.3. The van der Waals surface area contributed by atoms with Gasteiger partial charge < -0.3 is 29.2 Å². The molecule has 0 aliphatic heterocycles. The molecule has 7 heteroatoms. The van der Waals surface area contributed by atoms with E-state index >= 15 is 0 Å². The first-order chi connectivity index (χ1) is 18.9. The van der Waals surface area contributed by atoms with Crippen molar-refractivity contribution in [2.75, 3.05) is 27.4 Å². The zero-order valence-electron chi connectivity index (χ0n) is 23.2. The van der Waals surface area contributed by atoms with Gasteiger partial charge in [-0.15, -0.1) is 0 Å². The molecule has 1 heterocycles. The lowest BCUT2D eigenvalue weighted by Crippen LogP contribution is -2.11. The highest BCUT2D eigenvalue weighted by atomic mass is 16.5. The maximum Gasteiger partial charge on any atom is 0.310 e. The molecular formula is C32H38N2O5. The predicted octanol–water partition coefficient (Wildman–Crippen LogP) is 6.06. The zero-order valence-corrected chi connectivity index (χ0v) is 23.2. The summed E-state index contributed by atoms with van der Waals surface area (Å²) in [7, 11) is 3.22. The number of carbonyl (C=O) groups excluding carboxylic acids is 1. The molecule has 2 N–H and O–H groups in total. The van der Waals surface area contributed by atoms with Crippen molar-refractivity contribution < 1.29 is 23.7 Å². The van der Waals surface area contributed by atoms with E-state index in [1.165, 1.54) is 5.39 Å². The Labute approximate surface area is 230 Å². The molecule has 0 fully saturated rings. The number of esters is 1. The van der Waals surface area contributed by atoms with E-state index in [0.29, 0.717) is 55.9 Å². The number of ether oxygens (including phenoxy) is 4. The van der Waals surface area contributed by atoms with Crippen LogP contribution in [0.2, 0.25) is 0 Å². The Morgan fingerprint density at radius 3 is 2.56 bits per heavy atom. The van der Waals surface area contributed by atoms with Crippen molar-refractivity contribution in [2.24, 2.45) is 5.73 Å². The van der Waals surface area contributed by atoms with Crippen molar-refractivity contribution in [3.8, 4) is 22.6 Å².